The van der Waals surface area contributed by atoms with Gasteiger partial charge in [-0.1, -0.05) is 6.07 Å². The van der Waals surface area contributed by atoms with Gasteiger partial charge in [-0.3, -0.25) is 4.18 Å². The van der Waals surface area contributed by atoms with Gasteiger partial charge in [0, 0.05) is 6.42 Å². The van der Waals surface area contributed by atoms with Crippen LogP contribution in [0.1, 0.15) is 5.76 Å². The molecular formula is C12H11F3O7S2. The van der Waals surface area contributed by atoms with Crippen molar-refractivity contribution in [2.24, 2.45) is 0 Å². The van der Waals surface area contributed by atoms with E-state index in [4.69, 9.17) is 4.42 Å². The average molecular weight is 388 g/mol. The Bertz CT molecular complexity index is 943. The molecule has 1 aromatic carbocycles. The fourth-order valence-corrected chi connectivity index (χ4v) is 2.60. The van der Waals surface area contributed by atoms with Crippen molar-refractivity contribution < 1.29 is 42.8 Å². The first-order valence-corrected chi connectivity index (χ1v) is 9.48. The van der Waals surface area contributed by atoms with Crippen molar-refractivity contribution in [2.45, 2.75) is 11.9 Å². The van der Waals surface area contributed by atoms with Crippen molar-refractivity contribution in [3.05, 3.63) is 30.0 Å². The number of hydrogen-bond donors (Lipinski definition) is 0. The maximum absolute atomic E-state index is 12.4. The summed E-state index contributed by atoms with van der Waals surface area (Å²) in [4.78, 5) is 0. The molecule has 0 aliphatic rings. The van der Waals surface area contributed by atoms with Crippen LogP contribution in [0.25, 0.3) is 11.0 Å². The maximum atomic E-state index is 12.4. The number of alkyl halides is 3. The Hall–Kier alpha value is -1.79. The molecule has 0 radical (unpaired) electrons. The smallest absolute Gasteiger partial charge is 0.461 e. The van der Waals surface area contributed by atoms with Gasteiger partial charge in [0.15, 0.2) is 5.75 Å². The Morgan fingerprint density at radius 3 is 2.42 bits per heavy atom. The molecule has 0 saturated heterocycles. The minimum atomic E-state index is -5.81. The van der Waals surface area contributed by atoms with E-state index in [9.17, 15) is 30.0 Å². The Morgan fingerprint density at radius 1 is 1.17 bits per heavy atom. The van der Waals surface area contributed by atoms with Crippen LogP contribution in [0.15, 0.2) is 28.7 Å². The van der Waals surface area contributed by atoms with Crippen molar-refractivity contribution in [1.29, 1.82) is 0 Å². The van der Waals surface area contributed by atoms with E-state index in [0.29, 0.717) is 0 Å². The number of fused-ring (bicyclic) bond motifs is 1. The van der Waals surface area contributed by atoms with Gasteiger partial charge in [-0.15, -0.1) is 0 Å². The number of hydrogen-bond acceptors (Lipinski definition) is 7. The Kier molecular flexibility index (Phi) is 4.84. The highest BCUT2D eigenvalue weighted by Gasteiger charge is 2.48. The molecule has 0 unspecified atom stereocenters. The quantitative estimate of drug-likeness (QED) is 0.552. The van der Waals surface area contributed by atoms with Gasteiger partial charge in [0.2, 0.25) is 0 Å². The van der Waals surface area contributed by atoms with Crippen LogP contribution >= 0.6 is 0 Å². The lowest BCUT2D eigenvalue weighted by molar-refractivity contribution is -0.0499. The minimum Gasteiger partial charge on any atom is -0.461 e. The molecule has 24 heavy (non-hydrogen) atoms. The molecule has 1 heterocycles. The summed E-state index contributed by atoms with van der Waals surface area (Å²) >= 11 is 0. The Balaban J connectivity index is 2.27. The molecule has 0 spiro atoms. The van der Waals surface area contributed by atoms with Gasteiger partial charge in [-0.2, -0.15) is 30.0 Å². The maximum Gasteiger partial charge on any atom is 0.534 e. The van der Waals surface area contributed by atoms with E-state index < -0.39 is 31.5 Å². The van der Waals surface area contributed by atoms with Crippen molar-refractivity contribution >= 4 is 31.2 Å². The first kappa shape index (κ1) is 18.5. The second-order valence-corrected chi connectivity index (χ2v) is 7.82. The van der Waals surface area contributed by atoms with Crippen molar-refractivity contribution in [3.8, 4) is 5.75 Å². The van der Waals surface area contributed by atoms with Gasteiger partial charge in [0.25, 0.3) is 10.1 Å². The molecular weight excluding hydrogens is 377 g/mol. The van der Waals surface area contributed by atoms with Crippen LogP contribution in [-0.4, -0.2) is 35.2 Å². The van der Waals surface area contributed by atoms with Crippen LogP contribution in [-0.2, 0) is 30.8 Å². The molecule has 134 valence electrons. The van der Waals surface area contributed by atoms with Crippen molar-refractivity contribution in [1.82, 2.24) is 0 Å². The normalized spacial score (nSPS) is 13.3. The highest BCUT2D eigenvalue weighted by molar-refractivity contribution is 7.88. The van der Waals surface area contributed by atoms with Gasteiger partial charge in [0.1, 0.15) is 11.3 Å². The summed E-state index contributed by atoms with van der Waals surface area (Å²) in [5.74, 6) is -0.363. The SMILES string of the molecule is CS(=O)(=O)OCCc1cc2c(OS(=O)(=O)C(F)(F)F)cccc2o1. The summed E-state index contributed by atoms with van der Waals surface area (Å²) in [6.45, 7) is -0.240. The number of furan rings is 1. The van der Waals surface area contributed by atoms with E-state index in [0.717, 1.165) is 12.3 Å². The average Bonchev–Trinajstić information content (AvgIpc) is 2.79. The van der Waals surface area contributed by atoms with Crippen LogP contribution in [0.4, 0.5) is 13.2 Å². The zero-order chi connectivity index (χ0) is 18.2. The van der Waals surface area contributed by atoms with Gasteiger partial charge in [-0.25, -0.2) is 0 Å². The van der Waals surface area contributed by atoms with Crippen molar-refractivity contribution in [2.75, 3.05) is 12.9 Å². The molecule has 0 aliphatic heterocycles. The van der Waals surface area contributed by atoms with Crippen LogP contribution in [0.5, 0.6) is 5.75 Å². The zero-order valence-corrected chi connectivity index (χ0v) is 13.7. The zero-order valence-electron chi connectivity index (χ0n) is 12.0. The second-order valence-electron chi connectivity index (χ2n) is 4.64. The predicted octanol–water partition coefficient (Wildman–Crippen LogP) is 2.18. The monoisotopic (exact) mass is 388 g/mol. The molecule has 2 rings (SSSR count). The lowest BCUT2D eigenvalue weighted by Crippen LogP contribution is -2.28. The van der Waals surface area contributed by atoms with Crippen LogP contribution < -0.4 is 4.18 Å². The van der Waals surface area contributed by atoms with E-state index >= 15 is 0 Å². The summed E-state index contributed by atoms with van der Waals surface area (Å²) in [6.07, 6.45) is 0.868. The van der Waals surface area contributed by atoms with E-state index in [1.165, 1.54) is 18.2 Å². The lowest BCUT2D eigenvalue weighted by atomic mass is 10.2. The molecule has 12 heteroatoms. The van der Waals surface area contributed by atoms with Crippen LogP contribution in [0, 0.1) is 0 Å². The third-order valence-corrected chi connectivity index (χ3v) is 4.26. The highest BCUT2D eigenvalue weighted by atomic mass is 32.2. The molecule has 0 amide bonds. The fraction of sp³-hybridized carbons (Fsp3) is 0.333. The Labute approximate surface area is 135 Å². The van der Waals surface area contributed by atoms with E-state index in [1.807, 2.05) is 0 Å². The molecule has 0 fully saturated rings. The second kappa shape index (κ2) is 6.26. The van der Waals surface area contributed by atoms with Gasteiger partial charge in [0.05, 0.1) is 18.2 Å². The fourth-order valence-electron chi connectivity index (χ4n) is 1.74. The summed E-state index contributed by atoms with van der Waals surface area (Å²) in [5.41, 5.74) is -5.48. The third kappa shape index (κ3) is 4.39. The topological polar surface area (TPSA) is 99.9 Å². The summed E-state index contributed by atoms with van der Waals surface area (Å²) in [7, 11) is -9.46. The molecule has 2 aromatic rings. The standard InChI is InChI=1S/C12H11F3O7S2/c1-23(16,17)20-6-5-8-7-9-10(21-8)3-2-4-11(9)22-24(18,19)12(13,14)15/h2-4,7H,5-6H2,1H3. The first-order valence-electron chi connectivity index (χ1n) is 6.26. The third-order valence-electron chi connectivity index (χ3n) is 2.70. The number of halogens is 3. The predicted molar refractivity (Wildman–Crippen MR) is 76.3 cm³/mol. The van der Waals surface area contributed by atoms with Gasteiger partial charge >= 0.3 is 15.6 Å². The van der Waals surface area contributed by atoms with E-state index in [-0.39, 0.29) is 29.8 Å². The van der Waals surface area contributed by atoms with Crippen LogP contribution in [0.2, 0.25) is 0 Å². The molecule has 0 aliphatic carbocycles. The molecule has 0 atom stereocenters. The van der Waals surface area contributed by atoms with E-state index in [1.54, 1.807) is 0 Å². The summed E-state index contributed by atoms with van der Waals surface area (Å²) in [5, 5.41) is -0.000296. The Morgan fingerprint density at radius 2 is 1.83 bits per heavy atom. The molecule has 7 nitrogen and oxygen atoms in total. The van der Waals surface area contributed by atoms with E-state index in [2.05, 4.69) is 8.37 Å². The molecule has 0 bridgehead atoms. The highest BCUT2D eigenvalue weighted by Crippen LogP contribution is 2.33. The largest absolute Gasteiger partial charge is 0.534 e. The minimum absolute atomic E-state index is 0.000296. The summed E-state index contributed by atoms with van der Waals surface area (Å²) < 4.78 is 95.0. The molecule has 0 N–H and O–H groups in total. The van der Waals surface area contributed by atoms with Gasteiger partial charge < -0.3 is 8.60 Å². The molecule has 0 saturated carbocycles. The van der Waals surface area contributed by atoms with Gasteiger partial charge in [-0.05, 0) is 18.2 Å². The first-order chi connectivity index (χ1) is 10.9. The summed E-state index contributed by atoms with van der Waals surface area (Å²) in [6, 6.07) is 4.94. The molecule has 1 aromatic heterocycles. The van der Waals surface area contributed by atoms with Crippen LogP contribution in [0.3, 0.4) is 0 Å². The number of benzene rings is 1. The lowest BCUT2D eigenvalue weighted by Gasteiger charge is -2.09. The van der Waals surface area contributed by atoms with Crippen molar-refractivity contribution in [3.63, 3.8) is 0 Å². The number of rotatable bonds is 6.